The normalized spacial score (nSPS) is 25.3. The summed E-state index contributed by atoms with van der Waals surface area (Å²) in [6.45, 7) is 5.94. The molecule has 0 bridgehead atoms. The van der Waals surface area contributed by atoms with Crippen LogP contribution in [-0.4, -0.2) is 0 Å². The van der Waals surface area contributed by atoms with Crippen LogP contribution in [0.25, 0.3) is 0 Å². The van der Waals surface area contributed by atoms with Crippen LogP contribution in [-0.2, 0) is 0 Å². The first-order valence-corrected chi connectivity index (χ1v) is 2.30. The number of hydrogen-bond donors (Lipinski definition) is 0. The largest absolute Gasteiger partial charge is 0.0625 e. The van der Waals surface area contributed by atoms with E-state index in [1.165, 1.54) is 0 Å². The fourth-order valence-electron chi connectivity index (χ4n) is 0. The van der Waals surface area contributed by atoms with Crippen molar-refractivity contribution < 1.29 is 2.74 Å². The fraction of sp³-hybridized carbons (Fsp3) is 1.00. The fourth-order valence-corrected chi connectivity index (χ4v) is 0. The molecule has 0 aliphatic rings. The standard InChI is InChI=1S/C6H14/c1-5(2)6(3)4/h5-6H,1-4H3/i1D,5D. The molecule has 0 fully saturated rings. The summed E-state index contributed by atoms with van der Waals surface area (Å²) < 4.78 is 14.4. The Hall–Kier alpha value is 0. The number of hydrogen-bond acceptors (Lipinski definition) is 0. The van der Waals surface area contributed by atoms with Gasteiger partial charge in [-0.2, -0.15) is 0 Å². The Labute approximate surface area is 43.4 Å². The summed E-state index contributed by atoms with van der Waals surface area (Å²) in [4.78, 5) is 0. The second kappa shape index (κ2) is 2.22. The molecule has 0 amide bonds. The molecule has 0 N–H and O–H groups in total. The summed E-state index contributed by atoms with van der Waals surface area (Å²) in [6, 6.07) is 0. The molecule has 0 spiro atoms. The lowest BCUT2D eigenvalue weighted by atomic mass is 10.0. The Balaban J connectivity index is 3.71. The van der Waals surface area contributed by atoms with E-state index in [2.05, 4.69) is 0 Å². The van der Waals surface area contributed by atoms with Crippen molar-refractivity contribution >= 4 is 0 Å². The van der Waals surface area contributed by atoms with Gasteiger partial charge in [0.25, 0.3) is 0 Å². The van der Waals surface area contributed by atoms with Crippen LogP contribution in [0.15, 0.2) is 0 Å². The molecule has 0 radical (unpaired) electrons. The monoisotopic (exact) mass is 88.1 g/mol. The molecular formula is C6H14. The Bertz CT molecular complexity index is 66.9. The van der Waals surface area contributed by atoms with E-state index in [1.807, 2.05) is 13.8 Å². The minimum Gasteiger partial charge on any atom is -0.0625 e. The van der Waals surface area contributed by atoms with Crippen LogP contribution < -0.4 is 0 Å². The van der Waals surface area contributed by atoms with E-state index in [9.17, 15) is 0 Å². The Morgan fingerprint density at radius 2 is 2.00 bits per heavy atom. The highest BCUT2D eigenvalue weighted by Crippen LogP contribution is 2.05. The third-order valence-corrected chi connectivity index (χ3v) is 0.986. The predicted molar refractivity (Wildman–Crippen MR) is 29.7 cm³/mol. The molecule has 1 atom stereocenters. The van der Waals surface area contributed by atoms with E-state index in [0.29, 0.717) is 5.92 Å². The molecule has 0 saturated carbocycles. The molecule has 0 rings (SSSR count). The van der Waals surface area contributed by atoms with Crippen LogP contribution in [0.2, 0.25) is 0 Å². The highest BCUT2D eigenvalue weighted by molar-refractivity contribution is 4.46. The van der Waals surface area contributed by atoms with Crippen molar-refractivity contribution in [3.8, 4) is 0 Å². The van der Waals surface area contributed by atoms with Gasteiger partial charge in [0.05, 0.1) is 0 Å². The quantitative estimate of drug-likeness (QED) is 0.461. The van der Waals surface area contributed by atoms with E-state index in [0.717, 1.165) is 0 Å². The van der Waals surface area contributed by atoms with Crippen molar-refractivity contribution in [1.82, 2.24) is 0 Å². The smallest absolute Gasteiger partial charge is 0.0300 e. The van der Waals surface area contributed by atoms with Gasteiger partial charge in [0.2, 0.25) is 0 Å². The van der Waals surface area contributed by atoms with Crippen LogP contribution in [0.3, 0.4) is 0 Å². The van der Waals surface area contributed by atoms with E-state index >= 15 is 0 Å². The maximum atomic E-state index is 7.44. The maximum Gasteiger partial charge on any atom is 0.0300 e. The average molecular weight is 88.2 g/mol. The molecule has 0 aromatic heterocycles. The molecule has 0 aromatic rings. The Morgan fingerprint density at radius 1 is 1.50 bits per heavy atom. The minimum atomic E-state index is -0.542. The third-order valence-electron chi connectivity index (χ3n) is 0.986. The highest BCUT2D eigenvalue weighted by Gasteiger charge is 1.95. The van der Waals surface area contributed by atoms with Gasteiger partial charge < -0.3 is 0 Å². The van der Waals surface area contributed by atoms with Crippen molar-refractivity contribution in [2.45, 2.75) is 27.7 Å². The van der Waals surface area contributed by atoms with Crippen molar-refractivity contribution in [1.29, 1.82) is 0 Å². The second-order valence-electron chi connectivity index (χ2n) is 2.00. The summed E-state index contributed by atoms with van der Waals surface area (Å²) in [7, 11) is 0. The van der Waals surface area contributed by atoms with E-state index in [4.69, 9.17) is 2.74 Å². The first kappa shape index (κ1) is 3.06. The van der Waals surface area contributed by atoms with Crippen LogP contribution in [0.1, 0.15) is 30.4 Å². The molecule has 0 aliphatic heterocycles. The average Bonchev–Trinajstić information content (AvgIpc) is 1.67. The van der Waals surface area contributed by atoms with Gasteiger partial charge in [0, 0.05) is 2.74 Å². The highest BCUT2D eigenvalue weighted by atomic mass is 14.0. The third kappa shape index (κ3) is 2.25. The van der Waals surface area contributed by atoms with Gasteiger partial charge in [0.15, 0.2) is 0 Å². The van der Waals surface area contributed by atoms with Crippen LogP contribution in [0.5, 0.6) is 0 Å². The topological polar surface area (TPSA) is 0 Å². The molecule has 1 unspecified atom stereocenters. The molecule has 0 saturated heterocycles. The Morgan fingerprint density at radius 3 is 2.00 bits per heavy atom. The lowest BCUT2D eigenvalue weighted by molar-refractivity contribution is 0.457. The molecule has 0 heterocycles. The van der Waals surface area contributed by atoms with Gasteiger partial charge in [-0.05, 0) is 11.8 Å². The molecule has 0 aliphatic carbocycles. The van der Waals surface area contributed by atoms with E-state index in [1.54, 1.807) is 6.92 Å². The van der Waals surface area contributed by atoms with Gasteiger partial charge in [0.1, 0.15) is 0 Å². The van der Waals surface area contributed by atoms with Crippen LogP contribution >= 0.6 is 0 Å². The second-order valence-corrected chi connectivity index (χ2v) is 2.00. The molecule has 6 heavy (non-hydrogen) atoms. The molecule has 0 nitrogen and oxygen atoms in total. The summed E-state index contributed by atoms with van der Waals surface area (Å²) in [5, 5.41) is 0. The zero-order valence-corrected chi connectivity index (χ0v) is 4.78. The van der Waals surface area contributed by atoms with Gasteiger partial charge >= 0.3 is 0 Å². The zero-order valence-electron chi connectivity index (χ0n) is 6.78. The predicted octanol–water partition coefficient (Wildman–Crippen LogP) is 2.30. The van der Waals surface area contributed by atoms with Crippen molar-refractivity contribution in [3.05, 3.63) is 0 Å². The van der Waals surface area contributed by atoms with Crippen molar-refractivity contribution in [3.63, 3.8) is 0 Å². The van der Waals surface area contributed by atoms with Gasteiger partial charge in [-0.1, -0.05) is 27.7 Å². The van der Waals surface area contributed by atoms with Gasteiger partial charge in [-0.15, -0.1) is 0 Å². The molecule has 0 aromatic carbocycles. The maximum absolute atomic E-state index is 7.44. The molecular weight excluding hydrogens is 72.1 g/mol. The Kier molecular flexibility index (Phi) is 1.13. The van der Waals surface area contributed by atoms with E-state index in [-0.39, 0.29) is 6.90 Å². The molecule has 38 valence electrons. The van der Waals surface area contributed by atoms with E-state index < -0.39 is 5.89 Å². The van der Waals surface area contributed by atoms with Crippen molar-refractivity contribution in [2.24, 2.45) is 11.8 Å². The summed E-state index contributed by atoms with van der Waals surface area (Å²) in [5.41, 5.74) is 0. The lowest BCUT2D eigenvalue weighted by Gasteiger charge is -2.05. The minimum absolute atomic E-state index is 0.199. The first-order chi connectivity index (χ1) is 3.50. The van der Waals surface area contributed by atoms with Gasteiger partial charge in [-0.25, -0.2) is 0 Å². The summed E-state index contributed by atoms with van der Waals surface area (Å²) >= 11 is 0. The summed E-state index contributed by atoms with van der Waals surface area (Å²) in [6.07, 6.45) is 0. The van der Waals surface area contributed by atoms with Crippen LogP contribution in [0.4, 0.5) is 0 Å². The number of rotatable bonds is 1. The lowest BCUT2D eigenvalue weighted by Crippen LogP contribution is -1.95. The first-order valence-electron chi connectivity index (χ1n) is 3.50. The molecule has 0 heteroatoms. The zero-order chi connectivity index (χ0) is 6.78. The SMILES string of the molecule is [2H]CC([2H])(C)C(C)C. The van der Waals surface area contributed by atoms with Gasteiger partial charge in [-0.3, -0.25) is 0 Å². The summed E-state index contributed by atoms with van der Waals surface area (Å²) in [5.74, 6) is -0.250. The van der Waals surface area contributed by atoms with Crippen LogP contribution in [0, 0.1) is 11.8 Å². The van der Waals surface area contributed by atoms with Crippen molar-refractivity contribution in [2.75, 3.05) is 0 Å².